The highest BCUT2D eigenvalue weighted by atomic mass is 19.1. The molecule has 2 N–H and O–H groups in total. The number of halogens is 2. The second-order valence-electron chi connectivity index (χ2n) is 5.92. The molecule has 0 radical (unpaired) electrons. The fourth-order valence-electron chi connectivity index (χ4n) is 3.03. The molecular formula is C21H16F2N2O3. The number of hydrogen-bond donors (Lipinski definition) is 1. The maximum atomic E-state index is 14.6. The molecule has 5 nitrogen and oxygen atoms in total. The SMILES string of the molecule is CCOC(=O)C1=C(c2ccccc2)OC(N)=C(C#N)[C@H]1c1ccc(F)cc1F. The Morgan fingerprint density at radius 3 is 2.57 bits per heavy atom. The van der Waals surface area contributed by atoms with Crippen molar-refractivity contribution in [3.8, 4) is 6.07 Å². The summed E-state index contributed by atoms with van der Waals surface area (Å²) in [4.78, 5) is 12.8. The van der Waals surface area contributed by atoms with Crippen molar-refractivity contribution < 1.29 is 23.0 Å². The molecule has 0 saturated carbocycles. The van der Waals surface area contributed by atoms with Crippen LogP contribution in [0.1, 0.15) is 24.0 Å². The van der Waals surface area contributed by atoms with Gasteiger partial charge in [0.2, 0.25) is 5.88 Å². The molecule has 0 unspecified atom stereocenters. The Balaban J connectivity index is 2.31. The van der Waals surface area contributed by atoms with E-state index in [0.29, 0.717) is 11.6 Å². The second kappa shape index (κ2) is 7.92. The fraction of sp³-hybridized carbons (Fsp3) is 0.143. The maximum Gasteiger partial charge on any atom is 0.338 e. The summed E-state index contributed by atoms with van der Waals surface area (Å²) in [5.74, 6) is -3.88. The van der Waals surface area contributed by atoms with Crippen molar-refractivity contribution in [2.75, 3.05) is 6.61 Å². The number of ether oxygens (including phenoxy) is 2. The van der Waals surface area contributed by atoms with Crippen molar-refractivity contribution >= 4 is 11.7 Å². The van der Waals surface area contributed by atoms with Crippen LogP contribution >= 0.6 is 0 Å². The molecule has 3 rings (SSSR count). The van der Waals surface area contributed by atoms with Crippen LogP contribution < -0.4 is 5.73 Å². The average Bonchev–Trinajstić information content (AvgIpc) is 2.68. The molecule has 0 saturated heterocycles. The van der Waals surface area contributed by atoms with Crippen molar-refractivity contribution in [2.24, 2.45) is 5.73 Å². The van der Waals surface area contributed by atoms with Crippen molar-refractivity contribution in [3.63, 3.8) is 0 Å². The Morgan fingerprint density at radius 1 is 1.25 bits per heavy atom. The number of nitrogens with two attached hydrogens (primary N) is 1. The largest absolute Gasteiger partial charge is 0.463 e. The molecule has 2 aromatic carbocycles. The number of carbonyl (C=O) groups excluding carboxylic acids is 1. The summed E-state index contributed by atoms with van der Waals surface area (Å²) < 4.78 is 38.7. The van der Waals surface area contributed by atoms with Crippen molar-refractivity contribution in [3.05, 3.63) is 88.3 Å². The molecule has 0 aromatic heterocycles. The number of allylic oxidation sites excluding steroid dienone is 1. The molecule has 0 spiro atoms. The molecule has 1 aliphatic rings. The van der Waals surface area contributed by atoms with Crippen LogP contribution in [-0.4, -0.2) is 12.6 Å². The van der Waals surface area contributed by atoms with Gasteiger partial charge in [-0.2, -0.15) is 5.26 Å². The number of nitriles is 1. The molecule has 0 bridgehead atoms. The lowest BCUT2D eigenvalue weighted by atomic mass is 9.81. The molecular weight excluding hydrogens is 366 g/mol. The van der Waals surface area contributed by atoms with Gasteiger partial charge in [-0.3, -0.25) is 0 Å². The predicted molar refractivity (Wildman–Crippen MR) is 97.0 cm³/mol. The number of hydrogen-bond acceptors (Lipinski definition) is 5. The minimum Gasteiger partial charge on any atom is -0.463 e. The van der Waals surface area contributed by atoms with Gasteiger partial charge in [-0.05, 0) is 13.0 Å². The highest BCUT2D eigenvalue weighted by Crippen LogP contribution is 2.43. The van der Waals surface area contributed by atoms with E-state index in [0.717, 1.165) is 6.07 Å². The van der Waals surface area contributed by atoms with Gasteiger partial charge in [-0.1, -0.05) is 36.4 Å². The quantitative estimate of drug-likeness (QED) is 0.814. The van der Waals surface area contributed by atoms with Crippen LogP contribution in [0.4, 0.5) is 8.78 Å². The predicted octanol–water partition coefficient (Wildman–Crippen LogP) is 3.75. The number of nitrogens with zero attached hydrogens (tertiary/aromatic N) is 1. The van der Waals surface area contributed by atoms with Gasteiger partial charge in [0, 0.05) is 17.2 Å². The second-order valence-corrected chi connectivity index (χ2v) is 5.92. The minimum atomic E-state index is -1.20. The smallest absolute Gasteiger partial charge is 0.338 e. The molecule has 1 aliphatic heterocycles. The summed E-state index contributed by atoms with van der Waals surface area (Å²) >= 11 is 0. The monoisotopic (exact) mass is 382 g/mol. The van der Waals surface area contributed by atoms with E-state index in [2.05, 4.69) is 0 Å². The van der Waals surface area contributed by atoms with Gasteiger partial charge in [0.05, 0.1) is 18.1 Å². The van der Waals surface area contributed by atoms with Gasteiger partial charge in [0.1, 0.15) is 29.0 Å². The van der Waals surface area contributed by atoms with Gasteiger partial charge in [-0.25, -0.2) is 13.6 Å². The normalized spacial score (nSPS) is 16.4. The maximum absolute atomic E-state index is 14.6. The summed E-state index contributed by atoms with van der Waals surface area (Å²) in [6, 6.07) is 13.3. The first-order chi connectivity index (χ1) is 13.5. The zero-order valence-corrected chi connectivity index (χ0v) is 14.9. The van der Waals surface area contributed by atoms with E-state index < -0.39 is 23.5 Å². The number of rotatable bonds is 4. The van der Waals surface area contributed by atoms with Crippen LogP contribution in [0.2, 0.25) is 0 Å². The van der Waals surface area contributed by atoms with Gasteiger partial charge >= 0.3 is 5.97 Å². The summed E-state index contributed by atoms with van der Waals surface area (Å²) in [5.41, 5.74) is 6.09. The van der Waals surface area contributed by atoms with E-state index >= 15 is 0 Å². The van der Waals surface area contributed by atoms with E-state index in [-0.39, 0.29) is 35.0 Å². The first kappa shape index (κ1) is 19.1. The minimum absolute atomic E-state index is 0.0595. The van der Waals surface area contributed by atoms with E-state index in [1.807, 2.05) is 6.07 Å². The first-order valence-corrected chi connectivity index (χ1v) is 8.47. The summed E-state index contributed by atoms with van der Waals surface area (Å²) in [6.07, 6.45) is 0. The number of esters is 1. The topological polar surface area (TPSA) is 85.3 Å². The molecule has 1 atom stereocenters. The Labute approximate surface area is 160 Å². The molecule has 2 aromatic rings. The third kappa shape index (κ3) is 3.45. The van der Waals surface area contributed by atoms with Gasteiger partial charge in [0.15, 0.2) is 0 Å². The van der Waals surface area contributed by atoms with Crippen LogP contribution in [0.3, 0.4) is 0 Å². The molecule has 1 heterocycles. The molecule has 7 heteroatoms. The van der Waals surface area contributed by atoms with Crippen LogP contribution in [0.15, 0.2) is 65.6 Å². The summed E-state index contributed by atoms with van der Waals surface area (Å²) in [6.45, 7) is 1.68. The van der Waals surface area contributed by atoms with Crippen LogP contribution in [-0.2, 0) is 14.3 Å². The molecule has 0 fully saturated rings. The van der Waals surface area contributed by atoms with Gasteiger partial charge in [-0.15, -0.1) is 0 Å². The Morgan fingerprint density at radius 2 is 1.96 bits per heavy atom. The van der Waals surface area contributed by atoms with Gasteiger partial charge < -0.3 is 15.2 Å². The van der Waals surface area contributed by atoms with Crippen molar-refractivity contribution in [1.29, 1.82) is 5.26 Å². The molecule has 0 amide bonds. The zero-order valence-electron chi connectivity index (χ0n) is 14.9. The van der Waals surface area contributed by atoms with Crippen molar-refractivity contribution in [1.82, 2.24) is 0 Å². The Kier molecular flexibility index (Phi) is 5.41. The third-order valence-electron chi connectivity index (χ3n) is 4.22. The number of carbonyl (C=O) groups is 1. The van der Waals surface area contributed by atoms with Gasteiger partial charge in [0.25, 0.3) is 0 Å². The first-order valence-electron chi connectivity index (χ1n) is 8.47. The van der Waals surface area contributed by atoms with E-state index in [1.165, 1.54) is 6.07 Å². The third-order valence-corrected chi connectivity index (χ3v) is 4.22. The van der Waals surface area contributed by atoms with Crippen LogP contribution in [0.25, 0.3) is 5.76 Å². The highest BCUT2D eigenvalue weighted by molar-refractivity contribution is 5.99. The Hall–Kier alpha value is -3.66. The van der Waals surface area contributed by atoms with E-state index in [9.17, 15) is 18.8 Å². The lowest BCUT2D eigenvalue weighted by molar-refractivity contribution is -0.138. The highest BCUT2D eigenvalue weighted by Gasteiger charge is 2.39. The lowest BCUT2D eigenvalue weighted by Crippen LogP contribution is -2.26. The van der Waals surface area contributed by atoms with Crippen molar-refractivity contribution in [2.45, 2.75) is 12.8 Å². The average molecular weight is 382 g/mol. The van der Waals surface area contributed by atoms with E-state index in [1.54, 1.807) is 37.3 Å². The Bertz CT molecular complexity index is 1020. The van der Waals surface area contributed by atoms with Crippen LogP contribution in [0.5, 0.6) is 0 Å². The zero-order chi connectivity index (χ0) is 20.3. The molecule has 0 aliphatic carbocycles. The van der Waals surface area contributed by atoms with Crippen LogP contribution in [0, 0.1) is 23.0 Å². The lowest BCUT2D eigenvalue weighted by Gasteiger charge is -2.28. The van der Waals surface area contributed by atoms with E-state index in [4.69, 9.17) is 15.2 Å². The molecule has 28 heavy (non-hydrogen) atoms. The molecule has 142 valence electrons. The summed E-state index contributed by atoms with van der Waals surface area (Å²) in [5, 5.41) is 9.59. The standard InChI is InChI=1S/C21H16F2N2O3/c1-2-27-21(26)18-17(14-9-8-13(22)10-16(14)23)15(11-24)20(25)28-19(18)12-6-4-3-5-7-12/h3-10,17H,2,25H2,1H3/t17-/m1/s1. The number of benzene rings is 2. The summed E-state index contributed by atoms with van der Waals surface area (Å²) in [7, 11) is 0. The fourth-order valence-corrected chi connectivity index (χ4v) is 3.03.